The first-order valence-electron chi connectivity index (χ1n) is 7.04. The average molecular weight is 328 g/mol. The summed E-state index contributed by atoms with van der Waals surface area (Å²) in [5, 5.41) is 15.0. The molecule has 116 valence electrons. The minimum atomic E-state index is -0.907. The maximum atomic E-state index is 12.8. The molecule has 4 rings (SSSR count). The van der Waals surface area contributed by atoms with Crippen molar-refractivity contribution >= 4 is 28.7 Å². The lowest BCUT2D eigenvalue weighted by Gasteiger charge is -2.27. The monoisotopic (exact) mass is 328 g/mol. The van der Waals surface area contributed by atoms with Crippen molar-refractivity contribution < 1.29 is 14.7 Å². The number of rotatable bonds is 2. The molecule has 0 fully saturated rings. The van der Waals surface area contributed by atoms with Gasteiger partial charge in [-0.05, 0) is 12.0 Å². The molecule has 0 saturated carbocycles. The van der Waals surface area contributed by atoms with E-state index in [9.17, 15) is 14.7 Å². The summed E-state index contributed by atoms with van der Waals surface area (Å²) in [6, 6.07) is 0. The summed E-state index contributed by atoms with van der Waals surface area (Å²) in [6.07, 6.45) is 7.03. The van der Waals surface area contributed by atoms with Crippen molar-refractivity contribution in [3.05, 3.63) is 51.7 Å². The number of carboxylic acids is 1. The minimum absolute atomic E-state index is 0.107. The summed E-state index contributed by atoms with van der Waals surface area (Å²) in [6.45, 7) is 0.935. The molecule has 0 bridgehead atoms. The molecule has 0 spiro atoms. The molecule has 23 heavy (non-hydrogen) atoms. The van der Waals surface area contributed by atoms with E-state index in [2.05, 4.69) is 10.1 Å². The van der Waals surface area contributed by atoms with Gasteiger partial charge in [0.2, 0.25) is 0 Å². The Hall–Kier alpha value is -2.74. The molecule has 3 aromatic rings. The number of hydrogen-bond acceptors (Lipinski definition) is 5. The second kappa shape index (κ2) is 5.17. The smallest absolute Gasteiger partial charge is 0.336 e. The molecule has 3 aromatic heterocycles. The van der Waals surface area contributed by atoms with Crippen molar-refractivity contribution in [3.8, 4) is 0 Å². The van der Waals surface area contributed by atoms with E-state index in [1.807, 2.05) is 0 Å². The van der Waals surface area contributed by atoms with Gasteiger partial charge in [-0.2, -0.15) is 5.10 Å². The molecular formula is C15H12N4O3S. The molecular weight excluding hydrogens is 316 g/mol. The summed E-state index contributed by atoms with van der Waals surface area (Å²) in [5.41, 5.74) is 2.39. The Balaban J connectivity index is 1.64. The lowest BCUT2D eigenvalue weighted by Crippen LogP contribution is -2.35. The van der Waals surface area contributed by atoms with Crippen LogP contribution in [0.4, 0.5) is 0 Å². The molecule has 0 aliphatic carbocycles. The van der Waals surface area contributed by atoms with Gasteiger partial charge in [0.1, 0.15) is 0 Å². The van der Waals surface area contributed by atoms with E-state index in [4.69, 9.17) is 0 Å². The third-order valence-electron chi connectivity index (χ3n) is 4.02. The fraction of sp³-hybridized carbons (Fsp3) is 0.200. The number of thiophene rings is 1. The second-order valence-corrected chi connectivity index (χ2v) is 6.26. The maximum absolute atomic E-state index is 12.8. The van der Waals surface area contributed by atoms with Crippen molar-refractivity contribution in [2.24, 2.45) is 0 Å². The van der Waals surface area contributed by atoms with E-state index in [-0.39, 0.29) is 5.91 Å². The molecule has 1 amide bonds. The predicted octanol–water partition coefficient (Wildman–Crippen LogP) is 1.69. The molecule has 1 N–H and O–H groups in total. The van der Waals surface area contributed by atoms with E-state index in [1.54, 1.807) is 39.6 Å². The van der Waals surface area contributed by atoms with Crippen LogP contribution < -0.4 is 0 Å². The number of amides is 1. The predicted molar refractivity (Wildman–Crippen MR) is 82.7 cm³/mol. The lowest BCUT2D eigenvalue weighted by atomic mass is 10.0. The quantitative estimate of drug-likeness (QED) is 0.773. The zero-order chi connectivity index (χ0) is 16.0. The first-order chi connectivity index (χ1) is 11.1. The van der Waals surface area contributed by atoms with Gasteiger partial charge < -0.3 is 10.0 Å². The van der Waals surface area contributed by atoms with Crippen LogP contribution in [0.3, 0.4) is 0 Å². The Morgan fingerprint density at radius 1 is 1.26 bits per heavy atom. The second-order valence-electron chi connectivity index (χ2n) is 5.30. The highest BCUT2D eigenvalue weighted by Gasteiger charge is 2.28. The van der Waals surface area contributed by atoms with Crippen molar-refractivity contribution in [1.82, 2.24) is 19.5 Å². The Bertz CT molecular complexity index is 930. The highest BCUT2D eigenvalue weighted by Crippen LogP contribution is 2.29. The van der Waals surface area contributed by atoms with Crippen LogP contribution in [0.2, 0.25) is 0 Å². The zero-order valence-electron chi connectivity index (χ0n) is 12.0. The Labute approximate surface area is 134 Å². The van der Waals surface area contributed by atoms with Crippen LogP contribution in [0.1, 0.15) is 31.2 Å². The van der Waals surface area contributed by atoms with E-state index in [0.29, 0.717) is 36.2 Å². The topological polar surface area (TPSA) is 87.8 Å². The van der Waals surface area contributed by atoms with Crippen LogP contribution in [-0.2, 0) is 13.0 Å². The molecule has 0 atom stereocenters. The molecule has 1 aliphatic heterocycles. The molecule has 0 unspecified atom stereocenters. The number of aromatic nitrogens is 3. The van der Waals surface area contributed by atoms with Gasteiger partial charge in [-0.15, -0.1) is 11.3 Å². The van der Waals surface area contributed by atoms with Crippen LogP contribution in [0, 0.1) is 0 Å². The van der Waals surface area contributed by atoms with Crippen LogP contribution in [0.15, 0.2) is 30.2 Å². The molecule has 0 aromatic carbocycles. The molecule has 7 nitrogen and oxygen atoms in total. The third kappa shape index (κ3) is 2.18. The Morgan fingerprint density at radius 2 is 2.13 bits per heavy atom. The number of hydrogen-bond donors (Lipinski definition) is 1. The highest BCUT2D eigenvalue weighted by atomic mass is 32.1. The fourth-order valence-corrected chi connectivity index (χ4v) is 3.94. The summed E-state index contributed by atoms with van der Waals surface area (Å²) in [7, 11) is 0. The largest absolute Gasteiger partial charge is 0.478 e. The normalized spacial score (nSPS) is 14.0. The van der Waals surface area contributed by atoms with E-state index in [0.717, 1.165) is 10.4 Å². The third-order valence-corrected chi connectivity index (χ3v) is 5.03. The van der Waals surface area contributed by atoms with Crippen molar-refractivity contribution in [3.63, 3.8) is 0 Å². The standard InChI is InChI=1S/C15H12N4O3S/c20-14(10-5-17-19-4-2-16-6-12(10)19)18-3-1-9-11(15(21)22)8-23-13(9)7-18/h2,4-6,8H,1,3,7H2,(H,21,22). The van der Waals surface area contributed by atoms with Gasteiger partial charge in [0, 0.05) is 29.2 Å². The SMILES string of the molecule is O=C(O)c1csc2c1CCN(C(=O)c1cnn3ccncc13)C2. The van der Waals surface area contributed by atoms with E-state index >= 15 is 0 Å². The number of carbonyl (C=O) groups excluding carboxylic acids is 1. The number of aromatic carboxylic acids is 1. The number of fused-ring (bicyclic) bond motifs is 2. The maximum Gasteiger partial charge on any atom is 0.336 e. The average Bonchev–Trinajstić information content (AvgIpc) is 3.17. The van der Waals surface area contributed by atoms with Gasteiger partial charge in [-0.3, -0.25) is 9.78 Å². The first-order valence-corrected chi connectivity index (χ1v) is 7.92. The number of carbonyl (C=O) groups is 2. The van der Waals surface area contributed by atoms with Crippen LogP contribution >= 0.6 is 11.3 Å². The van der Waals surface area contributed by atoms with Gasteiger partial charge in [-0.1, -0.05) is 0 Å². The van der Waals surface area contributed by atoms with Gasteiger partial charge >= 0.3 is 5.97 Å². The molecule has 0 radical (unpaired) electrons. The number of nitrogens with zero attached hydrogens (tertiary/aromatic N) is 4. The summed E-state index contributed by atoms with van der Waals surface area (Å²) in [5.74, 6) is -1.01. The molecule has 1 aliphatic rings. The summed E-state index contributed by atoms with van der Waals surface area (Å²) >= 11 is 1.39. The number of carboxylic acid groups (broad SMARTS) is 1. The zero-order valence-corrected chi connectivity index (χ0v) is 12.8. The van der Waals surface area contributed by atoms with Crippen molar-refractivity contribution in [2.75, 3.05) is 6.54 Å². The molecule has 4 heterocycles. The highest BCUT2D eigenvalue weighted by molar-refractivity contribution is 7.10. The lowest BCUT2D eigenvalue weighted by molar-refractivity contribution is 0.0695. The van der Waals surface area contributed by atoms with Crippen LogP contribution in [0.25, 0.3) is 5.52 Å². The van der Waals surface area contributed by atoms with E-state index in [1.165, 1.54) is 11.3 Å². The van der Waals surface area contributed by atoms with Crippen LogP contribution in [-0.4, -0.2) is 43.0 Å². The van der Waals surface area contributed by atoms with Crippen molar-refractivity contribution in [1.29, 1.82) is 0 Å². The Morgan fingerprint density at radius 3 is 2.96 bits per heavy atom. The van der Waals surface area contributed by atoms with Gasteiger partial charge in [0.15, 0.2) is 0 Å². The Kier molecular flexibility index (Phi) is 3.12. The first kappa shape index (κ1) is 13.9. The van der Waals surface area contributed by atoms with Crippen molar-refractivity contribution in [2.45, 2.75) is 13.0 Å². The minimum Gasteiger partial charge on any atom is -0.478 e. The van der Waals surface area contributed by atoms with Crippen LogP contribution in [0.5, 0.6) is 0 Å². The van der Waals surface area contributed by atoms with Gasteiger partial charge in [-0.25, -0.2) is 9.31 Å². The molecule has 0 saturated heterocycles. The van der Waals surface area contributed by atoms with Gasteiger partial charge in [0.05, 0.1) is 35.6 Å². The summed E-state index contributed by atoms with van der Waals surface area (Å²) < 4.78 is 1.61. The fourth-order valence-electron chi connectivity index (χ4n) is 2.85. The molecule has 8 heteroatoms. The summed E-state index contributed by atoms with van der Waals surface area (Å²) in [4.78, 5) is 30.7. The van der Waals surface area contributed by atoms with Gasteiger partial charge in [0.25, 0.3) is 5.91 Å². The van der Waals surface area contributed by atoms with E-state index < -0.39 is 5.97 Å².